The molecule has 0 atom stereocenters. The van der Waals surface area contributed by atoms with E-state index >= 15 is 0 Å². The number of ether oxygens (including phenoxy) is 1. The summed E-state index contributed by atoms with van der Waals surface area (Å²) in [6, 6.07) is 12.4. The SMILES string of the molecule is Cc1cc(Oc2ccccc2Cl)ncc1-n1ncc(C(=O)c2cc3cc(F)c(NS(=O)(=O)CCCF)cc3[nH]2)c1N. The molecule has 5 aromatic rings. The Morgan fingerprint density at radius 3 is 2.71 bits per heavy atom. The van der Waals surface area contributed by atoms with E-state index in [1.54, 1.807) is 37.3 Å². The van der Waals surface area contributed by atoms with E-state index in [4.69, 9.17) is 22.1 Å². The fraction of sp³-hybridized carbons (Fsp3) is 0.148. The second-order valence-electron chi connectivity index (χ2n) is 9.09. The van der Waals surface area contributed by atoms with Gasteiger partial charge < -0.3 is 15.5 Å². The van der Waals surface area contributed by atoms with E-state index in [-0.39, 0.29) is 29.2 Å². The minimum atomic E-state index is -3.95. The van der Waals surface area contributed by atoms with Gasteiger partial charge in [0, 0.05) is 17.0 Å². The van der Waals surface area contributed by atoms with E-state index < -0.39 is 34.1 Å². The summed E-state index contributed by atoms with van der Waals surface area (Å²) in [7, 11) is -3.95. The number of aryl methyl sites for hydroxylation is 1. The molecular weight excluding hydrogens is 578 g/mol. The van der Waals surface area contributed by atoms with Crippen LogP contribution in [0.4, 0.5) is 20.3 Å². The molecule has 3 heterocycles. The van der Waals surface area contributed by atoms with E-state index in [0.717, 1.165) is 6.07 Å². The number of aromatic amines is 1. The number of nitrogens with one attached hydrogen (secondary N) is 2. The van der Waals surface area contributed by atoms with Crippen LogP contribution in [0.1, 0.15) is 28.0 Å². The molecule has 3 aromatic heterocycles. The van der Waals surface area contributed by atoms with Crippen LogP contribution < -0.4 is 15.2 Å². The van der Waals surface area contributed by atoms with Crippen LogP contribution in [0.3, 0.4) is 0 Å². The lowest BCUT2D eigenvalue weighted by atomic mass is 10.1. The first-order chi connectivity index (χ1) is 19.6. The number of halogens is 3. The molecular formula is C27H23ClF2N6O4S. The summed E-state index contributed by atoms with van der Waals surface area (Å²) < 4.78 is 60.4. The summed E-state index contributed by atoms with van der Waals surface area (Å²) in [5, 5.41) is 5.02. The maximum absolute atomic E-state index is 14.6. The van der Waals surface area contributed by atoms with Crippen LogP contribution in [0.15, 0.2) is 60.9 Å². The maximum Gasteiger partial charge on any atom is 0.232 e. The Hall–Kier alpha value is -4.49. The molecule has 5 rings (SSSR count). The first-order valence-electron chi connectivity index (χ1n) is 12.2. The van der Waals surface area contributed by atoms with Crippen molar-refractivity contribution in [3.8, 4) is 17.3 Å². The van der Waals surface area contributed by atoms with Crippen LogP contribution in [0, 0.1) is 12.7 Å². The predicted octanol–water partition coefficient (Wildman–Crippen LogP) is 5.56. The summed E-state index contributed by atoms with van der Waals surface area (Å²) >= 11 is 6.15. The van der Waals surface area contributed by atoms with Crippen LogP contribution in [-0.4, -0.2) is 46.4 Å². The molecule has 10 nitrogen and oxygen atoms in total. The van der Waals surface area contributed by atoms with Crippen molar-refractivity contribution >= 4 is 49.8 Å². The molecule has 0 bridgehead atoms. The number of H-pyrrole nitrogens is 1. The standard InChI is InChI=1S/C27H23ClF2N6O4S/c1-15-9-25(40-24-6-3-2-5-18(24)28)32-14-23(15)36-27(31)17(13-33-36)26(37)22-11-16-10-19(30)21(12-20(16)34-22)35-41(38,39)8-4-7-29/h2-3,5-6,9-14,34-35H,4,7-8,31H2,1H3. The average molecular weight is 601 g/mol. The maximum atomic E-state index is 14.6. The third kappa shape index (κ3) is 5.86. The van der Waals surface area contributed by atoms with Crippen LogP contribution in [0.5, 0.6) is 11.6 Å². The fourth-order valence-corrected chi connectivity index (χ4v) is 5.38. The lowest BCUT2D eigenvalue weighted by Crippen LogP contribution is -2.17. The highest BCUT2D eigenvalue weighted by Crippen LogP contribution is 2.30. The van der Waals surface area contributed by atoms with Crippen molar-refractivity contribution in [1.29, 1.82) is 0 Å². The smallest absolute Gasteiger partial charge is 0.232 e. The number of carbonyl (C=O) groups excluding carboxylic acids is 1. The van der Waals surface area contributed by atoms with Gasteiger partial charge in [-0.3, -0.25) is 13.9 Å². The third-order valence-electron chi connectivity index (χ3n) is 6.15. The highest BCUT2D eigenvalue weighted by atomic mass is 35.5. The van der Waals surface area contributed by atoms with Gasteiger partial charge in [-0.05, 0) is 49.2 Å². The third-order valence-corrected chi connectivity index (χ3v) is 7.82. The van der Waals surface area contributed by atoms with Crippen molar-refractivity contribution in [3.05, 3.63) is 88.6 Å². The normalized spacial score (nSPS) is 11.6. The number of hydrogen-bond acceptors (Lipinski definition) is 7. The van der Waals surface area contributed by atoms with Crippen LogP contribution in [-0.2, 0) is 10.0 Å². The molecule has 212 valence electrons. The molecule has 0 spiro atoms. The number of carbonyl (C=O) groups is 1. The summed E-state index contributed by atoms with van der Waals surface area (Å²) in [6.07, 6.45) is 2.59. The Kier molecular flexibility index (Phi) is 7.65. The quantitative estimate of drug-likeness (QED) is 0.178. The van der Waals surface area contributed by atoms with Crippen LogP contribution in [0.2, 0.25) is 5.02 Å². The lowest BCUT2D eigenvalue weighted by molar-refractivity contribution is 0.103. The molecule has 0 radical (unpaired) electrons. The van der Waals surface area contributed by atoms with Gasteiger partial charge in [0.15, 0.2) is 0 Å². The number of fused-ring (bicyclic) bond motifs is 1. The molecule has 0 fully saturated rings. The molecule has 0 aliphatic carbocycles. The lowest BCUT2D eigenvalue weighted by Gasteiger charge is -2.11. The van der Waals surface area contributed by atoms with Gasteiger partial charge in [-0.1, -0.05) is 23.7 Å². The number of benzene rings is 2. The zero-order valence-corrected chi connectivity index (χ0v) is 23.1. The fourth-order valence-electron chi connectivity index (χ4n) is 4.13. The van der Waals surface area contributed by atoms with Crippen molar-refractivity contribution < 1.29 is 26.7 Å². The van der Waals surface area contributed by atoms with Crippen molar-refractivity contribution in [2.45, 2.75) is 13.3 Å². The van der Waals surface area contributed by atoms with Gasteiger partial charge in [0.05, 0.1) is 52.5 Å². The van der Waals surface area contributed by atoms with E-state index in [2.05, 4.69) is 19.8 Å². The minimum absolute atomic E-state index is 0.0471. The van der Waals surface area contributed by atoms with Crippen molar-refractivity contribution in [1.82, 2.24) is 19.7 Å². The largest absolute Gasteiger partial charge is 0.437 e. The second kappa shape index (κ2) is 11.2. The summed E-state index contributed by atoms with van der Waals surface area (Å²) in [5.74, 6) is -1.07. The summed E-state index contributed by atoms with van der Waals surface area (Å²) in [5.41, 5.74) is 7.67. The molecule has 4 N–H and O–H groups in total. The molecule has 0 saturated carbocycles. The number of aromatic nitrogens is 4. The number of hydrogen-bond donors (Lipinski definition) is 3. The van der Waals surface area contributed by atoms with Gasteiger partial charge >= 0.3 is 0 Å². The van der Waals surface area contributed by atoms with Gasteiger partial charge in [-0.25, -0.2) is 22.5 Å². The van der Waals surface area contributed by atoms with Gasteiger partial charge in [-0.15, -0.1) is 0 Å². The number of pyridine rings is 1. The van der Waals surface area contributed by atoms with Gasteiger partial charge in [-0.2, -0.15) is 5.10 Å². The Balaban J connectivity index is 1.39. The zero-order valence-electron chi connectivity index (χ0n) is 21.5. The molecule has 41 heavy (non-hydrogen) atoms. The van der Waals surface area contributed by atoms with E-state index in [9.17, 15) is 22.0 Å². The number of sulfonamides is 1. The number of para-hydroxylation sites is 1. The number of nitrogen functional groups attached to an aromatic ring is 1. The number of rotatable bonds is 10. The van der Waals surface area contributed by atoms with Crippen LogP contribution in [0.25, 0.3) is 16.6 Å². The number of alkyl halides is 1. The van der Waals surface area contributed by atoms with Crippen LogP contribution >= 0.6 is 11.6 Å². The molecule has 2 aromatic carbocycles. The van der Waals surface area contributed by atoms with Gasteiger partial charge in [0.2, 0.25) is 21.7 Å². The van der Waals surface area contributed by atoms with Gasteiger partial charge in [0.25, 0.3) is 0 Å². The minimum Gasteiger partial charge on any atom is -0.437 e. The van der Waals surface area contributed by atoms with E-state index in [1.165, 1.54) is 29.2 Å². The highest BCUT2D eigenvalue weighted by Gasteiger charge is 2.22. The van der Waals surface area contributed by atoms with Crippen molar-refractivity contribution in [2.24, 2.45) is 0 Å². The molecule has 0 amide bonds. The summed E-state index contributed by atoms with van der Waals surface area (Å²) in [4.78, 5) is 20.5. The highest BCUT2D eigenvalue weighted by molar-refractivity contribution is 7.92. The molecule has 14 heteroatoms. The van der Waals surface area contributed by atoms with Crippen molar-refractivity contribution in [2.75, 3.05) is 22.9 Å². The Morgan fingerprint density at radius 2 is 1.98 bits per heavy atom. The number of anilines is 2. The first kappa shape index (κ1) is 28.1. The number of nitrogens with two attached hydrogens (primary N) is 1. The zero-order chi connectivity index (χ0) is 29.3. The number of ketones is 1. The molecule has 0 unspecified atom stereocenters. The number of nitrogens with zero attached hydrogens (tertiary/aromatic N) is 3. The van der Waals surface area contributed by atoms with Crippen molar-refractivity contribution in [3.63, 3.8) is 0 Å². The monoisotopic (exact) mass is 600 g/mol. The molecule has 0 saturated heterocycles. The van der Waals surface area contributed by atoms with Gasteiger partial charge in [0.1, 0.15) is 17.4 Å². The predicted molar refractivity (Wildman–Crippen MR) is 152 cm³/mol. The van der Waals surface area contributed by atoms with E-state index in [1.807, 2.05) is 0 Å². The topological polar surface area (TPSA) is 145 Å². The van der Waals surface area contributed by atoms with E-state index in [0.29, 0.717) is 38.8 Å². The second-order valence-corrected chi connectivity index (χ2v) is 11.3. The Morgan fingerprint density at radius 1 is 1.20 bits per heavy atom. The Bertz CT molecular complexity index is 1890. The molecule has 0 aliphatic heterocycles. The molecule has 0 aliphatic rings. The average Bonchev–Trinajstić information content (AvgIpc) is 3.51. The Labute approximate surface area is 238 Å². The summed E-state index contributed by atoms with van der Waals surface area (Å²) in [6.45, 7) is 0.984. The first-order valence-corrected chi connectivity index (χ1v) is 14.3.